The number of hydrogen-bond donors (Lipinski definition) is 1. The van der Waals surface area contributed by atoms with Crippen LogP contribution in [0.2, 0.25) is 0 Å². The second-order valence-corrected chi connectivity index (χ2v) is 5.16. The third-order valence-corrected chi connectivity index (χ3v) is 3.19. The quantitative estimate of drug-likeness (QED) is 0.660. The molecular weight excluding hydrogens is 230 g/mol. The molecule has 5 heteroatoms. The zero-order valence-corrected chi connectivity index (χ0v) is 11.9. The minimum atomic E-state index is 0.206. The number of carbonyl (C=O) groups is 1. The Morgan fingerprint density at radius 3 is 2.67 bits per heavy atom. The maximum absolute atomic E-state index is 11.4. The molecule has 1 saturated heterocycles. The van der Waals surface area contributed by atoms with Gasteiger partial charge in [-0.1, -0.05) is 0 Å². The van der Waals surface area contributed by atoms with Crippen molar-refractivity contribution in [3.8, 4) is 0 Å². The van der Waals surface area contributed by atoms with Gasteiger partial charge in [0.25, 0.3) is 0 Å². The van der Waals surface area contributed by atoms with Gasteiger partial charge >= 0.3 is 0 Å². The number of amides is 1. The predicted octanol–water partition coefficient (Wildman–Crippen LogP) is 0.165. The van der Waals surface area contributed by atoms with Crippen molar-refractivity contribution in [1.29, 1.82) is 0 Å². The fourth-order valence-corrected chi connectivity index (χ4v) is 2.05. The Kier molecular flexibility index (Phi) is 7.23. The van der Waals surface area contributed by atoms with Crippen LogP contribution in [0.15, 0.2) is 0 Å². The van der Waals surface area contributed by atoms with Crippen LogP contribution in [0.25, 0.3) is 0 Å². The lowest BCUT2D eigenvalue weighted by molar-refractivity contribution is -0.128. The summed E-state index contributed by atoms with van der Waals surface area (Å²) < 4.78 is 5.32. The largest absolute Gasteiger partial charge is 0.379 e. The molecule has 0 aromatic heterocycles. The summed E-state index contributed by atoms with van der Waals surface area (Å²) in [5.74, 6) is 0.206. The van der Waals surface area contributed by atoms with Crippen LogP contribution in [0.4, 0.5) is 0 Å². The molecule has 0 radical (unpaired) electrons. The van der Waals surface area contributed by atoms with Crippen LogP contribution < -0.4 is 5.32 Å². The van der Waals surface area contributed by atoms with Gasteiger partial charge in [0.15, 0.2) is 0 Å². The lowest BCUT2D eigenvalue weighted by atomic mass is 10.2. The molecule has 1 rings (SSSR count). The summed E-state index contributed by atoms with van der Waals surface area (Å²) in [5, 5.41) is 3.47. The highest BCUT2D eigenvalue weighted by molar-refractivity contribution is 5.75. The van der Waals surface area contributed by atoms with Gasteiger partial charge in [0.2, 0.25) is 5.91 Å². The molecule has 0 aromatic carbocycles. The van der Waals surface area contributed by atoms with Crippen LogP contribution in [0.5, 0.6) is 0 Å². The first kappa shape index (κ1) is 15.4. The highest BCUT2D eigenvalue weighted by Crippen LogP contribution is 1.99. The van der Waals surface area contributed by atoms with Gasteiger partial charge in [-0.25, -0.2) is 0 Å². The summed E-state index contributed by atoms with van der Waals surface area (Å²) in [5.41, 5.74) is 0. The molecule has 1 N–H and O–H groups in total. The second kappa shape index (κ2) is 8.45. The first-order valence-corrected chi connectivity index (χ1v) is 6.83. The number of nitrogens with one attached hydrogen (secondary N) is 1. The molecule has 5 nitrogen and oxygen atoms in total. The van der Waals surface area contributed by atoms with Gasteiger partial charge in [-0.15, -0.1) is 0 Å². The summed E-state index contributed by atoms with van der Waals surface area (Å²) in [6.07, 6.45) is 1.54. The van der Waals surface area contributed by atoms with E-state index in [0.717, 1.165) is 45.8 Å². The van der Waals surface area contributed by atoms with E-state index in [9.17, 15) is 4.79 Å². The van der Waals surface area contributed by atoms with Gasteiger partial charge in [-0.2, -0.15) is 0 Å². The lowest BCUT2D eigenvalue weighted by Crippen LogP contribution is -2.44. The SMILES string of the molecule is CC(CN1CCOCC1)NCCCC(=O)N(C)C. The molecule has 1 atom stereocenters. The normalized spacial score (nSPS) is 18.6. The highest BCUT2D eigenvalue weighted by Gasteiger charge is 2.13. The van der Waals surface area contributed by atoms with Gasteiger partial charge in [0.1, 0.15) is 0 Å². The van der Waals surface area contributed by atoms with Crippen molar-refractivity contribution in [2.24, 2.45) is 0 Å². The van der Waals surface area contributed by atoms with Crippen LogP contribution in [0, 0.1) is 0 Å². The van der Waals surface area contributed by atoms with Crippen LogP contribution >= 0.6 is 0 Å². The van der Waals surface area contributed by atoms with E-state index in [4.69, 9.17) is 4.74 Å². The summed E-state index contributed by atoms with van der Waals surface area (Å²) in [4.78, 5) is 15.5. The number of hydrogen-bond acceptors (Lipinski definition) is 4. The minimum absolute atomic E-state index is 0.206. The number of ether oxygens (including phenoxy) is 1. The average Bonchev–Trinajstić information content (AvgIpc) is 2.35. The summed E-state index contributed by atoms with van der Waals surface area (Å²) in [6, 6.07) is 0.470. The topological polar surface area (TPSA) is 44.8 Å². The third kappa shape index (κ3) is 6.33. The molecule has 1 fully saturated rings. The molecule has 106 valence electrons. The van der Waals surface area contributed by atoms with Crippen molar-refractivity contribution in [2.75, 3.05) is 53.5 Å². The summed E-state index contributed by atoms with van der Waals surface area (Å²) in [6.45, 7) is 7.93. The second-order valence-electron chi connectivity index (χ2n) is 5.16. The molecule has 18 heavy (non-hydrogen) atoms. The smallest absolute Gasteiger partial charge is 0.222 e. The molecule has 0 aliphatic carbocycles. The van der Waals surface area contributed by atoms with Gasteiger partial charge in [-0.3, -0.25) is 9.69 Å². The first-order valence-electron chi connectivity index (χ1n) is 6.83. The fraction of sp³-hybridized carbons (Fsp3) is 0.923. The molecule has 0 aromatic rings. The number of carbonyl (C=O) groups excluding carboxylic acids is 1. The van der Waals surface area contributed by atoms with E-state index in [-0.39, 0.29) is 5.91 Å². The molecule has 1 aliphatic heterocycles. The monoisotopic (exact) mass is 257 g/mol. The van der Waals surface area contributed by atoms with Crippen molar-refractivity contribution < 1.29 is 9.53 Å². The number of rotatable bonds is 7. The van der Waals surface area contributed by atoms with Crippen molar-refractivity contribution in [3.05, 3.63) is 0 Å². The van der Waals surface area contributed by atoms with E-state index in [1.165, 1.54) is 0 Å². The van der Waals surface area contributed by atoms with Gasteiger partial charge in [0.05, 0.1) is 13.2 Å². The minimum Gasteiger partial charge on any atom is -0.379 e. The molecular formula is C13H27N3O2. The predicted molar refractivity (Wildman–Crippen MR) is 72.7 cm³/mol. The third-order valence-electron chi connectivity index (χ3n) is 3.19. The van der Waals surface area contributed by atoms with Crippen LogP contribution in [-0.4, -0.2) is 75.2 Å². The Balaban J connectivity index is 2.02. The average molecular weight is 257 g/mol. The van der Waals surface area contributed by atoms with Crippen molar-refractivity contribution in [3.63, 3.8) is 0 Å². The van der Waals surface area contributed by atoms with Crippen molar-refractivity contribution in [2.45, 2.75) is 25.8 Å². The fourth-order valence-electron chi connectivity index (χ4n) is 2.05. The Labute approximate surface area is 110 Å². The standard InChI is InChI=1S/C13H27N3O2/c1-12(11-16-7-9-18-10-8-16)14-6-4-5-13(17)15(2)3/h12,14H,4-11H2,1-3H3. The first-order chi connectivity index (χ1) is 8.59. The Morgan fingerprint density at radius 1 is 1.39 bits per heavy atom. The maximum Gasteiger partial charge on any atom is 0.222 e. The maximum atomic E-state index is 11.4. The molecule has 0 saturated carbocycles. The Hall–Kier alpha value is -0.650. The van der Waals surface area contributed by atoms with Gasteiger partial charge in [-0.05, 0) is 19.9 Å². The van der Waals surface area contributed by atoms with Crippen LogP contribution in [0.1, 0.15) is 19.8 Å². The molecule has 0 bridgehead atoms. The Morgan fingerprint density at radius 2 is 2.06 bits per heavy atom. The molecule has 1 heterocycles. The zero-order chi connectivity index (χ0) is 13.4. The van der Waals surface area contributed by atoms with E-state index in [0.29, 0.717) is 12.5 Å². The zero-order valence-electron chi connectivity index (χ0n) is 11.9. The highest BCUT2D eigenvalue weighted by atomic mass is 16.5. The van der Waals surface area contributed by atoms with E-state index in [1.54, 1.807) is 19.0 Å². The van der Waals surface area contributed by atoms with E-state index < -0.39 is 0 Å². The van der Waals surface area contributed by atoms with Crippen molar-refractivity contribution >= 4 is 5.91 Å². The summed E-state index contributed by atoms with van der Waals surface area (Å²) >= 11 is 0. The molecule has 1 aliphatic rings. The number of nitrogens with zero attached hydrogens (tertiary/aromatic N) is 2. The molecule has 1 unspecified atom stereocenters. The number of morpholine rings is 1. The lowest BCUT2D eigenvalue weighted by Gasteiger charge is -2.29. The van der Waals surface area contributed by atoms with E-state index >= 15 is 0 Å². The molecule has 1 amide bonds. The van der Waals surface area contributed by atoms with Crippen LogP contribution in [-0.2, 0) is 9.53 Å². The van der Waals surface area contributed by atoms with Crippen LogP contribution in [0.3, 0.4) is 0 Å². The van der Waals surface area contributed by atoms with Gasteiger partial charge < -0.3 is 15.0 Å². The van der Waals surface area contributed by atoms with E-state index in [1.807, 2.05) is 0 Å². The van der Waals surface area contributed by atoms with E-state index in [2.05, 4.69) is 17.1 Å². The van der Waals surface area contributed by atoms with Crippen molar-refractivity contribution in [1.82, 2.24) is 15.1 Å². The Bertz CT molecular complexity index is 240. The van der Waals surface area contributed by atoms with Gasteiger partial charge in [0, 0.05) is 46.2 Å². The summed E-state index contributed by atoms with van der Waals surface area (Å²) in [7, 11) is 3.60. The molecule has 0 spiro atoms.